The van der Waals surface area contributed by atoms with Crippen molar-refractivity contribution in [2.24, 2.45) is 0 Å². The van der Waals surface area contributed by atoms with Gasteiger partial charge < -0.3 is 14.7 Å². The number of hydrogen-bond acceptors (Lipinski definition) is 5. The molecule has 6 nitrogen and oxygen atoms in total. The van der Waals surface area contributed by atoms with Crippen LogP contribution in [0.5, 0.6) is 0 Å². The van der Waals surface area contributed by atoms with Gasteiger partial charge in [-0.05, 0) is 45.2 Å². The molecule has 28 heavy (non-hydrogen) atoms. The van der Waals surface area contributed by atoms with E-state index in [1.807, 2.05) is 18.7 Å². The van der Waals surface area contributed by atoms with E-state index in [2.05, 4.69) is 15.5 Å². The average molecular weight is 396 g/mol. The zero-order valence-corrected chi connectivity index (χ0v) is 15.8. The topological polar surface area (TPSA) is 71.3 Å². The average Bonchev–Trinajstić information content (AvgIpc) is 2.97. The first kappa shape index (κ1) is 20.2. The molecule has 1 N–H and O–H groups in total. The van der Waals surface area contributed by atoms with Crippen molar-refractivity contribution in [1.82, 2.24) is 15.5 Å². The largest absolute Gasteiger partial charge is 0.417 e. The maximum Gasteiger partial charge on any atom is 0.417 e. The van der Waals surface area contributed by atoms with Gasteiger partial charge in [-0.2, -0.15) is 13.2 Å². The Morgan fingerprint density at radius 1 is 1.36 bits per heavy atom. The van der Waals surface area contributed by atoms with Gasteiger partial charge in [0, 0.05) is 37.3 Å². The van der Waals surface area contributed by atoms with Crippen molar-refractivity contribution in [3.63, 3.8) is 0 Å². The second-order valence-electron chi connectivity index (χ2n) is 7.06. The molecule has 152 valence electrons. The van der Waals surface area contributed by atoms with Gasteiger partial charge in [-0.25, -0.2) is 4.98 Å². The Labute approximate surface area is 161 Å². The van der Waals surface area contributed by atoms with Crippen LogP contribution in [-0.4, -0.2) is 35.2 Å². The highest BCUT2D eigenvalue weighted by Gasteiger charge is 2.31. The zero-order valence-electron chi connectivity index (χ0n) is 15.8. The van der Waals surface area contributed by atoms with Gasteiger partial charge in [-0.3, -0.25) is 4.79 Å². The number of aryl methyl sites for hydroxylation is 2. The summed E-state index contributed by atoms with van der Waals surface area (Å²) in [5.41, 5.74) is 0.981. The molecule has 0 aliphatic carbocycles. The number of nitrogens with zero attached hydrogens (tertiary/aromatic N) is 3. The molecule has 3 rings (SSSR count). The number of carbonyl (C=O) groups is 1. The molecule has 2 aromatic heterocycles. The molecule has 0 spiro atoms. The lowest BCUT2D eigenvalue weighted by molar-refractivity contribution is -0.137. The van der Waals surface area contributed by atoms with Crippen LogP contribution in [0.3, 0.4) is 0 Å². The fraction of sp³-hybridized carbons (Fsp3) is 0.526. The monoisotopic (exact) mass is 396 g/mol. The number of pyridine rings is 1. The Morgan fingerprint density at radius 3 is 2.75 bits per heavy atom. The van der Waals surface area contributed by atoms with Crippen molar-refractivity contribution < 1.29 is 22.5 Å². The van der Waals surface area contributed by atoms with Crippen LogP contribution in [0.1, 0.15) is 41.8 Å². The number of carbonyl (C=O) groups excluding carboxylic acids is 1. The van der Waals surface area contributed by atoms with Crippen molar-refractivity contribution in [3.8, 4) is 0 Å². The highest BCUT2D eigenvalue weighted by atomic mass is 19.4. The fourth-order valence-corrected chi connectivity index (χ4v) is 3.44. The van der Waals surface area contributed by atoms with Gasteiger partial charge in [0.15, 0.2) is 0 Å². The first-order valence-corrected chi connectivity index (χ1v) is 9.23. The van der Waals surface area contributed by atoms with Crippen LogP contribution in [0.25, 0.3) is 0 Å². The molecule has 1 aliphatic rings. The molecular formula is C19H23F3N4O2. The van der Waals surface area contributed by atoms with Crippen LogP contribution >= 0.6 is 0 Å². The second-order valence-corrected chi connectivity index (χ2v) is 7.06. The lowest BCUT2D eigenvalue weighted by Crippen LogP contribution is -2.48. The van der Waals surface area contributed by atoms with E-state index in [1.165, 1.54) is 6.07 Å². The van der Waals surface area contributed by atoms with Crippen LogP contribution in [0, 0.1) is 13.8 Å². The van der Waals surface area contributed by atoms with Crippen LogP contribution in [0.15, 0.2) is 22.9 Å². The van der Waals surface area contributed by atoms with E-state index in [-0.39, 0.29) is 11.9 Å². The smallest absolute Gasteiger partial charge is 0.361 e. The Bertz CT molecular complexity index is 798. The molecule has 0 radical (unpaired) electrons. The van der Waals surface area contributed by atoms with E-state index < -0.39 is 11.7 Å². The number of halogens is 3. The van der Waals surface area contributed by atoms with Gasteiger partial charge in [-0.1, -0.05) is 5.16 Å². The van der Waals surface area contributed by atoms with Crippen LogP contribution in [-0.2, 0) is 17.4 Å². The third-order valence-electron chi connectivity index (χ3n) is 4.97. The highest BCUT2D eigenvalue weighted by molar-refractivity contribution is 5.76. The molecule has 0 saturated carbocycles. The molecule has 2 aromatic rings. The lowest BCUT2D eigenvalue weighted by Gasteiger charge is -2.34. The molecule has 3 heterocycles. The summed E-state index contributed by atoms with van der Waals surface area (Å²) in [5, 5.41) is 6.90. The van der Waals surface area contributed by atoms with E-state index in [4.69, 9.17) is 4.52 Å². The SMILES string of the molecule is Cc1noc(C)c1CCC(=O)N[C@H]1CCCN(c2ccc(C(F)(F)F)cn2)C1. The Hall–Kier alpha value is -2.58. The third-order valence-corrected chi connectivity index (χ3v) is 4.97. The molecule has 1 atom stereocenters. The van der Waals surface area contributed by atoms with E-state index in [0.717, 1.165) is 42.1 Å². The van der Waals surface area contributed by atoms with Crippen molar-refractivity contribution in [2.75, 3.05) is 18.0 Å². The summed E-state index contributed by atoms with van der Waals surface area (Å²) in [6.45, 7) is 4.89. The number of anilines is 1. The minimum Gasteiger partial charge on any atom is -0.361 e. The number of nitrogens with one attached hydrogen (secondary N) is 1. The van der Waals surface area contributed by atoms with Gasteiger partial charge in [-0.15, -0.1) is 0 Å². The highest BCUT2D eigenvalue weighted by Crippen LogP contribution is 2.29. The van der Waals surface area contributed by atoms with Crippen molar-refractivity contribution in [2.45, 2.75) is 51.7 Å². The lowest BCUT2D eigenvalue weighted by atomic mass is 10.0. The molecule has 1 fully saturated rings. The Balaban J connectivity index is 1.54. The van der Waals surface area contributed by atoms with E-state index >= 15 is 0 Å². The van der Waals surface area contributed by atoms with Crippen LogP contribution in [0.4, 0.5) is 19.0 Å². The summed E-state index contributed by atoms with van der Waals surface area (Å²) in [7, 11) is 0. The summed E-state index contributed by atoms with van der Waals surface area (Å²) in [6.07, 6.45) is -1.00. The van der Waals surface area contributed by atoms with Crippen molar-refractivity contribution in [1.29, 1.82) is 0 Å². The molecule has 0 aromatic carbocycles. The van der Waals surface area contributed by atoms with Crippen LogP contribution in [0.2, 0.25) is 0 Å². The summed E-state index contributed by atoms with van der Waals surface area (Å²) in [5.74, 6) is 1.15. The molecule has 9 heteroatoms. The standard InChI is InChI=1S/C19H23F3N4O2/c1-12-16(13(2)28-25-12)6-8-18(27)24-15-4-3-9-26(11-15)17-7-5-14(10-23-17)19(20,21)22/h5,7,10,15H,3-4,6,8-9,11H2,1-2H3,(H,24,27)/t15-/m0/s1. The first-order chi connectivity index (χ1) is 13.2. The van der Waals surface area contributed by atoms with Gasteiger partial charge in [0.2, 0.25) is 5.91 Å². The van der Waals surface area contributed by atoms with E-state index in [9.17, 15) is 18.0 Å². The minimum atomic E-state index is -4.40. The molecular weight excluding hydrogens is 373 g/mol. The molecule has 0 unspecified atom stereocenters. The number of alkyl halides is 3. The summed E-state index contributed by atoms with van der Waals surface area (Å²) in [4.78, 5) is 18.2. The van der Waals surface area contributed by atoms with Crippen LogP contribution < -0.4 is 10.2 Å². The second kappa shape index (κ2) is 8.20. The number of hydrogen-bond donors (Lipinski definition) is 1. The number of rotatable bonds is 5. The molecule has 0 bridgehead atoms. The fourth-order valence-electron chi connectivity index (χ4n) is 3.44. The normalized spacial score (nSPS) is 17.6. The zero-order chi connectivity index (χ0) is 20.3. The Kier molecular flexibility index (Phi) is 5.90. The van der Waals surface area contributed by atoms with Gasteiger partial charge >= 0.3 is 6.18 Å². The van der Waals surface area contributed by atoms with Gasteiger partial charge in [0.1, 0.15) is 11.6 Å². The quantitative estimate of drug-likeness (QED) is 0.839. The number of aromatic nitrogens is 2. The predicted molar refractivity (Wildman–Crippen MR) is 96.9 cm³/mol. The van der Waals surface area contributed by atoms with Gasteiger partial charge in [0.25, 0.3) is 0 Å². The maximum atomic E-state index is 12.7. The predicted octanol–water partition coefficient (Wildman–Crippen LogP) is 3.42. The summed E-state index contributed by atoms with van der Waals surface area (Å²) < 4.78 is 43.1. The summed E-state index contributed by atoms with van der Waals surface area (Å²) in [6, 6.07) is 2.36. The summed E-state index contributed by atoms with van der Waals surface area (Å²) >= 11 is 0. The number of piperidine rings is 1. The molecule has 1 aliphatic heterocycles. The van der Waals surface area contributed by atoms with E-state index in [1.54, 1.807) is 0 Å². The van der Waals surface area contributed by atoms with E-state index in [0.29, 0.717) is 31.7 Å². The van der Waals surface area contributed by atoms with Crippen molar-refractivity contribution in [3.05, 3.63) is 40.9 Å². The van der Waals surface area contributed by atoms with Crippen molar-refractivity contribution >= 4 is 11.7 Å². The number of amides is 1. The Morgan fingerprint density at radius 2 is 2.14 bits per heavy atom. The maximum absolute atomic E-state index is 12.7. The molecule has 1 amide bonds. The minimum absolute atomic E-state index is 0.0602. The third kappa shape index (κ3) is 4.82. The van der Waals surface area contributed by atoms with Gasteiger partial charge in [0.05, 0.1) is 11.3 Å². The molecule has 1 saturated heterocycles. The first-order valence-electron chi connectivity index (χ1n) is 9.23.